The predicted octanol–water partition coefficient (Wildman–Crippen LogP) is 3.07. The van der Waals surface area contributed by atoms with E-state index in [1.165, 1.54) is 10.6 Å². The SMILES string of the molecule is CCCCCNC(=O)CCN(c1c(C)cc(C)cc1C)S(C)(=O)=O. The first-order chi connectivity index (χ1) is 11.2. The number of benzene rings is 1. The Hall–Kier alpha value is -1.56. The third kappa shape index (κ3) is 6.15. The van der Waals surface area contributed by atoms with Crippen molar-refractivity contribution in [2.75, 3.05) is 23.7 Å². The molecule has 6 heteroatoms. The number of hydrogen-bond donors (Lipinski definition) is 1. The summed E-state index contributed by atoms with van der Waals surface area (Å²) in [7, 11) is -3.45. The molecule has 0 atom stereocenters. The van der Waals surface area contributed by atoms with Gasteiger partial charge in [0.15, 0.2) is 0 Å². The lowest BCUT2D eigenvalue weighted by Crippen LogP contribution is -2.35. The second-order valence-corrected chi connectivity index (χ2v) is 8.30. The van der Waals surface area contributed by atoms with E-state index in [1.807, 2.05) is 32.9 Å². The number of amides is 1. The first-order valence-corrected chi connectivity index (χ1v) is 10.3. The molecule has 1 rings (SSSR count). The highest BCUT2D eigenvalue weighted by Crippen LogP contribution is 2.28. The third-order valence-corrected chi connectivity index (χ3v) is 5.10. The van der Waals surface area contributed by atoms with Crippen molar-refractivity contribution in [3.63, 3.8) is 0 Å². The molecular weight excluding hydrogens is 324 g/mol. The van der Waals surface area contributed by atoms with Gasteiger partial charge in [-0.15, -0.1) is 0 Å². The topological polar surface area (TPSA) is 66.5 Å². The van der Waals surface area contributed by atoms with Gasteiger partial charge in [0.25, 0.3) is 0 Å². The van der Waals surface area contributed by atoms with Crippen LogP contribution in [0.15, 0.2) is 12.1 Å². The fourth-order valence-corrected chi connectivity index (χ4v) is 3.95. The number of aryl methyl sites for hydroxylation is 3. The van der Waals surface area contributed by atoms with Crippen LogP contribution in [-0.4, -0.2) is 33.7 Å². The second-order valence-electron chi connectivity index (χ2n) is 6.39. The fraction of sp³-hybridized carbons (Fsp3) is 0.611. The summed E-state index contributed by atoms with van der Waals surface area (Å²) in [6.07, 6.45) is 4.48. The second kappa shape index (κ2) is 9.06. The molecule has 1 aromatic carbocycles. The quantitative estimate of drug-likeness (QED) is 0.693. The van der Waals surface area contributed by atoms with Gasteiger partial charge in [0, 0.05) is 19.5 Å². The highest BCUT2D eigenvalue weighted by atomic mass is 32.2. The van der Waals surface area contributed by atoms with Gasteiger partial charge in [0.2, 0.25) is 15.9 Å². The smallest absolute Gasteiger partial charge is 0.232 e. The maximum atomic E-state index is 12.2. The van der Waals surface area contributed by atoms with E-state index in [9.17, 15) is 13.2 Å². The standard InChI is InChI=1S/C18H30N2O3S/c1-6-7-8-10-19-17(21)9-11-20(24(5,22)23)18-15(3)12-14(2)13-16(18)4/h12-13H,6-11H2,1-5H3,(H,19,21). The van der Waals surface area contributed by atoms with Crippen molar-refractivity contribution in [2.24, 2.45) is 0 Å². The lowest BCUT2D eigenvalue weighted by molar-refractivity contribution is -0.120. The Kier molecular flexibility index (Phi) is 7.73. The Balaban J connectivity index is 2.84. The Bertz CT molecular complexity index is 646. The minimum atomic E-state index is -3.45. The molecule has 0 aliphatic heterocycles. The number of rotatable bonds is 9. The Morgan fingerprint density at radius 2 is 1.71 bits per heavy atom. The van der Waals surface area contributed by atoms with Crippen LogP contribution in [0.4, 0.5) is 5.69 Å². The minimum Gasteiger partial charge on any atom is -0.356 e. The molecule has 0 unspecified atom stereocenters. The molecule has 0 radical (unpaired) electrons. The average molecular weight is 355 g/mol. The number of nitrogens with one attached hydrogen (secondary N) is 1. The first kappa shape index (κ1) is 20.5. The van der Waals surface area contributed by atoms with Gasteiger partial charge in [-0.1, -0.05) is 37.5 Å². The van der Waals surface area contributed by atoms with Crippen LogP contribution >= 0.6 is 0 Å². The van der Waals surface area contributed by atoms with Crippen molar-refractivity contribution in [1.29, 1.82) is 0 Å². The van der Waals surface area contributed by atoms with Gasteiger partial charge in [0.1, 0.15) is 0 Å². The Morgan fingerprint density at radius 3 is 2.21 bits per heavy atom. The molecule has 0 bridgehead atoms. The van der Waals surface area contributed by atoms with E-state index >= 15 is 0 Å². The lowest BCUT2D eigenvalue weighted by atomic mass is 10.1. The van der Waals surface area contributed by atoms with Crippen LogP contribution in [0.25, 0.3) is 0 Å². The van der Waals surface area contributed by atoms with Crippen LogP contribution in [0.2, 0.25) is 0 Å². The van der Waals surface area contributed by atoms with E-state index in [2.05, 4.69) is 12.2 Å². The highest BCUT2D eigenvalue weighted by molar-refractivity contribution is 7.92. The number of anilines is 1. The molecule has 1 aromatic rings. The van der Waals surface area contributed by atoms with Crippen LogP contribution < -0.4 is 9.62 Å². The fourth-order valence-electron chi connectivity index (χ4n) is 2.90. The molecule has 5 nitrogen and oxygen atoms in total. The lowest BCUT2D eigenvalue weighted by Gasteiger charge is -2.26. The summed E-state index contributed by atoms with van der Waals surface area (Å²) in [6, 6.07) is 3.93. The van der Waals surface area contributed by atoms with Crippen molar-refractivity contribution in [3.05, 3.63) is 28.8 Å². The van der Waals surface area contributed by atoms with Gasteiger partial charge >= 0.3 is 0 Å². The third-order valence-electron chi connectivity index (χ3n) is 3.93. The number of hydrogen-bond acceptors (Lipinski definition) is 3. The van der Waals surface area contributed by atoms with E-state index in [4.69, 9.17) is 0 Å². The van der Waals surface area contributed by atoms with Crippen molar-refractivity contribution in [2.45, 2.75) is 53.4 Å². The number of sulfonamides is 1. The molecular formula is C18H30N2O3S. The summed E-state index contributed by atoms with van der Waals surface area (Å²) in [6.45, 7) is 8.70. The van der Waals surface area contributed by atoms with Gasteiger partial charge in [-0.3, -0.25) is 9.10 Å². The van der Waals surface area contributed by atoms with Crippen LogP contribution in [0.3, 0.4) is 0 Å². The van der Waals surface area contributed by atoms with Crippen molar-refractivity contribution >= 4 is 21.6 Å². The molecule has 0 aromatic heterocycles. The van der Waals surface area contributed by atoms with Gasteiger partial charge < -0.3 is 5.32 Å². The van der Waals surface area contributed by atoms with Crippen LogP contribution in [0.5, 0.6) is 0 Å². The van der Waals surface area contributed by atoms with Crippen LogP contribution in [-0.2, 0) is 14.8 Å². The number of carbonyl (C=O) groups is 1. The zero-order valence-corrected chi connectivity index (χ0v) is 16.3. The molecule has 0 aliphatic rings. The summed E-state index contributed by atoms with van der Waals surface area (Å²) >= 11 is 0. The Labute approximate surface area is 146 Å². The number of carbonyl (C=O) groups excluding carboxylic acids is 1. The summed E-state index contributed by atoms with van der Waals surface area (Å²) in [5.74, 6) is -0.109. The molecule has 1 N–H and O–H groups in total. The normalized spacial score (nSPS) is 11.4. The molecule has 1 amide bonds. The van der Waals surface area contributed by atoms with Gasteiger partial charge in [0.05, 0.1) is 11.9 Å². The molecule has 0 saturated heterocycles. The van der Waals surface area contributed by atoms with E-state index < -0.39 is 10.0 Å². The van der Waals surface area contributed by atoms with E-state index in [0.29, 0.717) is 12.2 Å². The average Bonchev–Trinajstić information content (AvgIpc) is 2.44. The first-order valence-electron chi connectivity index (χ1n) is 8.49. The maximum absolute atomic E-state index is 12.2. The summed E-state index contributed by atoms with van der Waals surface area (Å²) in [4.78, 5) is 12.0. The molecule has 0 saturated carbocycles. The van der Waals surface area contributed by atoms with Gasteiger partial charge in [-0.05, 0) is 38.3 Å². The molecule has 0 aliphatic carbocycles. The van der Waals surface area contributed by atoms with Crippen molar-refractivity contribution < 1.29 is 13.2 Å². The number of nitrogens with zero attached hydrogens (tertiary/aromatic N) is 1. The van der Waals surface area contributed by atoms with Crippen molar-refractivity contribution in [1.82, 2.24) is 5.32 Å². The maximum Gasteiger partial charge on any atom is 0.232 e. The predicted molar refractivity (Wildman–Crippen MR) is 100.0 cm³/mol. The zero-order chi connectivity index (χ0) is 18.3. The summed E-state index contributed by atoms with van der Waals surface area (Å²) in [5.41, 5.74) is 3.58. The Morgan fingerprint density at radius 1 is 1.12 bits per heavy atom. The van der Waals surface area contributed by atoms with Crippen molar-refractivity contribution in [3.8, 4) is 0 Å². The van der Waals surface area contributed by atoms with Crippen LogP contribution in [0.1, 0.15) is 49.3 Å². The zero-order valence-electron chi connectivity index (χ0n) is 15.5. The largest absolute Gasteiger partial charge is 0.356 e. The highest BCUT2D eigenvalue weighted by Gasteiger charge is 2.22. The molecule has 0 fully saturated rings. The van der Waals surface area contributed by atoms with Gasteiger partial charge in [-0.2, -0.15) is 0 Å². The molecule has 136 valence electrons. The minimum absolute atomic E-state index is 0.109. The summed E-state index contributed by atoms with van der Waals surface area (Å²) in [5, 5.41) is 2.85. The number of unbranched alkanes of at least 4 members (excludes halogenated alkanes) is 2. The van der Waals surface area contributed by atoms with Crippen LogP contribution in [0, 0.1) is 20.8 Å². The summed E-state index contributed by atoms with van der Waals surface area (Å²) < 4.78 is 25.8. The molecule has 24 heavy (non-hydrogen) atoms. The molecule has 0 heterocycles. The van der Waals surface area contributed by atoms with E-state index in [1.54, 1.807) is 0 Å². The monoisotopic (exact) mass is 354 g/mol. The van der Waals surface area contributed by atoms with E-state index in [-0.39, 0.29) is 18.9 Å². The molecule has 0 spiro atoms. The van der Waals surface area contributed by atoms with E-state index in [0.717, 1.165) is 36.0 Å². The van der Waals surface area contributed by atoms with Gasteiger partial charge in [-0.25, -0.2) is 8.42 Å².